The Balaban J connectivity index is 1.57. The summed E-state index contributed by atoms with van der Waals surface area (Å²) in [7, 11) is 0. The van der Waals surface area contributed by atoms with Crippen molar-refractivity contribution < 1.29 is 4.39 Å². The second-order valence-corrected chi connectivity index (χ2v) is 5.55. The summed E-state index contributed by atoms with van der Waals surface area (Å²) < 4.78 is 12.8. The van der Waals surface area contributed by atoms with Gasteiger partial charge in [0, 0.05) is 16.2 Å². The number of benzene rings is 2. The lowest BCUT2D eigenvalue weighted by atomic mass is 10.2. The molecule has 6 heteroatoms. The zero-order valence-electron chi connectivity index (χ0n) is 11.2. The summed E-state index contributed by atoms with van der Waals surface area (Å²) in [6.45, 7) is 0.655. The van der Waals surface area contributed by atoms with Gasteiger partial charge in [-0.05, 0) is 29.5 Å². The van der Waals surface area contributed by atoms with E-state index in [2.05, 4.69) is 15.4 Å². The van der Waals surface area contributed by atoms with E-state index in [0.717, 1.165) is 16.2 Å². The van der Waals surface area contributed by atoms with E-state index in [1.165, 1.54) is 12.1 Å². The van der Waals surface area contributed by atoms with E-state index in [0.29, 0.717) is 12.4 Å². The van der Waals surface area contributed by atoms with E-state index in [1.54, 1.807) is 28.7 Å². The van der Waals surface area contributed by atoms with Crippen LogP contribution in [0.15, 0.2) is 59.5 Å². The van der Waals surface area contributed by atoms with Crippen LogP contribution < -0.4 is 0 Å². The molecule has 4 nitrogen and oxygen atoms in total. The molecule has 0 fully saturated rings. The van der Waals surface area contributed by atoms with Gasteiger partial charge in [-0.25, -0.2) is 4.39 Å². The molecule has 3 rings (SSSR count). The molecule has 1 heterocycles. The molecule has 0 unspecified atom stereocenters. The minimum Gasteiger partial charge on any atom is -0.207 e. The number of thioether (sulfide) groups is 1. The van der Waals surface area contributed by atoms with Gasteiger partial charge < -0.3 is 0 Å². The van der Waals surface area contributed by atoms with Crippen molar-refractivity contribution in [2.24, 2.45) is 0 Å². The first kappa shape index (κ1) is 13.8. The number of nitrogens with zero attached hydrogens (tertiary/aromatic N) is 4. The van der Waals surface area contributed by atoms with Crippen molar-refractivity contribution in [1.29, 1.82) is 0 Å². The highest BCUT2D eigenvalue weighted by molar-refractivity contribution is 7.99. The molecule has 0 aliphatic rings. The maximum absolute atomic E-state index is 12.8. The summed E-state index contributed by atoms with van der Waals surface area (Å²) in [6, 6.07) is 16.2. The first-order valence-corrected chi connectivity index (χ1v) is 7.51. The Bertz CT molecular complexity index is 697. The lowest BCUT2D eigenvalue weighted by molar-refractivity contribution is 0.557. The molecule has 0 amide bonds. The number of hydrogen-bond donors (Lipinski definition) is 0. The molecule has 0 radical (unpaired) electrons. The van der Waals surface area contributed by atoms with Crippen LogP contribution in [-0.4, -0.2) is 26.0 Å². The van der Waals surface area contributed by atoms with Crippen LogP contribution >= 0.6 is 11.8 Å². The third-order valence-electron chi connectivity index (χ3n) is 2.86. The second kappa shape index (κ2) is 6.49. The van der Waals surface area contributed by atoms with Crippen molar-refractivity contribution in [3.8, 4) is 11.4 Å². The summed E-state index contributed by atoms with van der Waals surface area (Å²) in [4.78, 5) is 2.61. The molecule has 0 aliphatic carbocycles. The summed E-state index contributed by atoms with van der Waals surface area (Å²) in [6.07, 6.45) is 0. The molecular weight excluding hydrogens is 287 g/mol. The van der Waals surface area contributed by atoms with Gasteiger partial charge in [-0.3, -0.25) is 0 Å². The Hall–Kier alpha value is -2.21. The average molecular weight is 300 g/mol. The van der Waals surface area contributed by atoms with Crippen LogP contribution in [0.3, 0.4) is 0 Å². The van der Waals surface area contributed by atoms with Crippen molar-refractivity contribution in [1.82, 2.24) is 20.2 Å². The second-order valence-electron chi connectivity index (χ2n) is 4.38. The normalized spacial score (nSPS) is 10.7. The minimum absolute atomic E-state index is 0.218. The zero-order chi connectivity index (χ0) is 14.5. The summed E-state index contributed by atoms with van der Waals surface area (Å²) >= 11 is 1.63. The van der Waals surface area contributed by atoms with E-state index in [1.807, 2.05) is 30.3 Å². The lowest BCUT2D eigenvalue weighted by Gasteiger charge is -2.00. The molecular formula is C15H13FN4S. The van der Waals surface area contributed by atoms with Crippen molar-refractivity contribution in [2.75, 3.05) is 5.75 Å². The molecule has 0 bridgehead atoms. The number of hydrogen-bond acceptors (Lipinski definition) is 4. The molecule has 0 N–H and O–H groups in total. The van der Waals surface area contributed by atoms with Gasteiger partial charge in [0.1, 0.15) is 5.82 Å². The smallest absolute Gasteiger partial charge is 0.204 e. The van der Waals surface area contributed by atoms with Crippen molar-refractivity contribution in [2.45, 2.75) is 11.4 Å². The monoisotopic (exact) mass is 300 g/mol. The number of tetrazole rings is 1. The topological polar surface area (TPSA) is 43.6 Å². The molecule has 0 atom stereocenters. The molecule has 0 saturated carbocycles. The van der Waals surface area contributed by atoms with E-state index >= 15 is 0 Å². The number of halogens is 1. The highest BCUT2D eigenvalue weighted by Crippen LogP contribution is 2.18. The first-order valence-electron chi connectivity index (χ1n) is 6.53. The van der Waals surface area contributed by atoms with Gasteiger partial charge in [-0.1, -0.05) is 30.3 Å². The van der Waals surface area contributed by atoms with E-state index in [4.69, 9.17) is 0 Å². The predicted molar refractivity (Wildman–Crippen MR) is 80.4 cm³/mol. The van der Waals surface area contributed by atoms with Crippen LogP contribution in [0.5, 0.6) is 0 Å². The highest BCUT2D eigenvalue weighted by atomic mass is 32.2. The molecule has 106 valence electrons. The molecule has 0 saturated heterocycles. The highest BCUT2D eigenvalue weighted by Gasteiger charge is 2.05. The van der Waals surface area contributed by atoms with E-state index in [9.17, 15) is 4.39 Å². The number of aryl methyl sites for hydroxylation is 1. The van der Waals surface area contributed by atoms with Crippen molar-refractivity contribution in [3.05, 3.63) is 60.4 Å². The number of rotatable bonds is 5. The fourth-order valence-electron chi connectivity index (χ4n) is 1.82. The molecule has 0 spiro atoms. The SMILES string of the molecule is Fc1ccc(SCCn2nnc(-c3ccccc3)n2)cc1. The van der Waals surface area contributed by atoms with Gasteiger partial charge in [0.2, 0.25) is 5.82 Å². The summed E-state index contributed by atoms with van der Waals surface area (Å²) in [5.74, 6) is 1.21. The van der Waals surface area contributed by atoms with E-state index < -0.39 is 0 Å². The quantitative estimate of drug-likeness (QED) is 0.678. The van der Waals surface area contributed by atoms with Crippen LogP contribution in [0.2, 0.25) is 0 Å². The number of aromatic nitrogens is 4. The Morgan fingerprint density at radius 2 is 1.76 bits per heavy atom. The molecule has 21 heavy (non-hydrogen) atoms. The third kappa shape index (κ3) is 3.66. The largest absolute Gasteiger partial charge is 0.207 e. The lowest BCUT2D eigenvalue weighted by Crippen LogP contribution is -2.04. The van der Waals surface area contributed by atoms with Crippen molar-refractivity contribution >= 4 is 11.8 Å². The molecule has 1 aromatic heterocycles. The Morgan fingerprint density at radius 1 is 1.00 bits per heavy atom. The fraction of sp³-hybridized carbons (Fsp3) is 0.133. The summed E-state index contributed by atoms with van der Waals surface area (Å²) in [5, 5.41) is 12.4. The van der Waals surface area contributed by atoms with Gasteiger partial charge in [0.15, 0.2) is 0 Å². The van der Waals surface area contributed by atoms with Crippen LogP contribution in [0.1, 0.15) is 0 Å². The molecule has 2 aromatic carbocycles. The average Bonchev–Trinajstić information content (AvgIpc) is 2.99. The Morgan fingerprint density at radius 3 is 2.52 bits per heavy atom. The Kier molecular flexibility index (Phi) is 4.25. The summed E-state index contributed by atoms with van der Waals surface area (Å²) in [5.41, 5.74) is 0.954. The van der Waals surface area contributed by atoms with Crippen LogP contribution in [-0.2, 0) is 6.54 Å². The maximum atomic E-state index is 12.8. The predicted octanol–water partition coefficient (Wildman–Crippen LogP) is 3.27. The Labute approximate surface area is 126 Å². The van der Waals surface area contributed by atoms with Crippen LogP contribution in [0.4, 0.5) is 4.39 Å². The van der Waals surface area contributed by atoms with Crippen LogP contribution in [0.25, 0.3) is 11.4 Å². The first-order chi connectivity index (χ1) is 10.3. The standard InChI is InChI=1S/C15H13FN4S/c16-13-6-8-14(9-7-13)21-11-10-20-18-15(17-19-20)12-4-2-1-3-5-12/h1-9H,10-11H2. The fourth-order valence-corrected chi connectivity index (χ4v) is 2.64. The molecule has 3 aromatic rings. The third-order valence-corrected chi connectivity index (χ3v) is 3.85. The van der Waals surface area contributed by atoms with E-state index in [-0.39, 0.29) is 5.82 Å². The molecule has 0 aliphatic heterocycles. The van der Waals surface area contributed by atoms with Gasteiger partial charge in [-0.2, -0.15) is 4.80 Å². The van der Waals surface area contributed by atoms with Gasteiger partial charge >= 0.3 is 0 Å². The van der Waals surface area contributed by atoms with Gasteiger partial charge in [0.25, 0.3) is 0 Å². The minimum atomic E-state index is -0.218. The van der Waals surface area contributed by atoms with Gasteiger partial charge in [0.05, 0.1) is 6.54 Å². The van der Waals surface area contributed by atoms with Crippen molar-refractivity contribution in [3.63, 3.8) is 0 Å². The van der Waals surface area contributed by atoms with Crippen LogP contribution in [0, 0.1) is 5.82 Å². The maximum Gasteiger partial charge on any atom is 0.204 e. The zero-order valence-corrected chi connectivity index (χ0v) is 12.0. The van der Waals surface area contributed by atoms with Gasteiger partial charge in [-0.15, -0.1) is 22.0 Å².